The van der Waals surface area contributed by atoms with Crippen molar-refractivity contribution < 1.29 is 27.5 Å². The number of nitrogens with one attached hydrogen (secondary N) is 1. The summed E-state index contributed by atoms with van der Waals surface area (Å²) in [5.41, 5.74) is 0.336. The van der Waals surface area contributed by atoms with Gasteiger partial charge in [-0.15, -0.1) is 0 Å². The van der Waals surface area contributed by atoms with E-state index in [-0.39, 0.29) is 35.7 Å². The Kier molecular flexibility index (Phi) is 6.38. The van der Waals surface area contributed by atoms with Crippen LogP contribution in [0.1, 0.15) is 49.9 Å². The van der Waals surface area contributed by atoms with Gasteiger partial charge in [-0.2, -0.15) is 4.31 Å². The van der Waals surface area contributed by atoms with Crippen LogP contribution >= 0.6 is 0 Å². The Morgan fingerprint density at radius 2 is 1.79 bits per heavy atom. The van der Waals surface area contributed by atoms with Crippen molar-refractivity contribution in [3.63, 3.8) is 0 Å². The molecule has 0 unspecified atom stereocenters. The van der Waals surface area contributed by atoms with Gasteiger partial charge in [0.25, 0.3) is 5.91 Å². The summed E-state index contributed by atoms with van der Waals surface area (Å²) in [5.74, 6) is -1.42. The van der Waals surface area contributed by atoms with Crippen LogP contribution in [-0.4, -0.2) is 55.6 Å². The van der Waals surface area contributed by atoms with Crippen LogP contribution < -0.4 is 5.32 Å². The first kappa shape index (κ1) is 21.4. The summed E-state index contributed by atoms with van der Waals surface area (Å²) in [6.45, 7) is 3.27. The van der Waals surface area contributed by atoms with E-state index in [1.165, 1.54) is 30.3 Å². The van der Waals surface area contributed by atoms with Crippen LogP contribution in [0.2, 0.25) is 0 Å². The Balaban J connectivity index is 1.56. The number of ketones is 1. The predicted molar refractivity (Wildman–Crippen MR) is 105 cm³/mol. The minimum atomic E-state index is -3.75. The van der Waals surface area contributed by atoms with Crippen molar-refractivity contribution in [1.82, 2.24) is 9.62 Å². The molecule has 0 aromatic heterocycles. The molecule has 1 N–H and O–H groups in total. The fourth-order valence-corrected chi connectivity index (χ4v) is 4.74. The number of carbonyl (C=O) groups excluding carboxylic acids is 3. The van der Waals surface area contributed by atoms with Gasteiger partial charge in [0.15, 0.2) is 11.9 Å². The maximum atomic E-state index is 12.9. The van der Waals surface area contributed by atoms with Gasteiger partial charge in [-0.3, -0.25) is 14.4 Å². The Morgan fingerprint density at radius 3 is 2.38 bits per heavy atom. The molecule has 158 valence electrons. The number of ether oxygens (including phenoxy) is 1. The molecule has 1 aromatic carbocycles. The van der Waals surface area contributed by atoms with E-state index in [0.717, 1.165) is 12.8 Å². The Hall–Kier alpha value is -2.26. The van der Waals surface area contributed by atoms with Gasteiger partial charge in [0.2, 0.25) is 10.0 Å². The number of carbonyl (C=O) groups is 3. The normalized spacial score (nSPS) is 19.4. The van der Waals surface area contributed by atoms with Crippen molar-refractivity contribution in [3.05, 3.63) is 29.8 Å². The van der Waals surface area contributed by atoms with Crippen molar-refractivity contribution in [2.75, 3.05) is 13.1 Å². The summed E-state index contributed by atoms with van der Waals surface area (Å²) in [7, 11) is -3.75. The van der Waals surface area contributed by atoms with Crippen molar-refractivity contribution in [2.24, 2.45) is 5.92 Å². The molecule has 1 amide bonds. The smallest absolute Gasteiger partial charge is 0.309 e. The van der Waals surface area contributed by atoms with Crippen LogP contribution in [0.4, 0.5) is 0 Å². The number of nitrogens with zero attached hydrogens (tertiary/aromatic N) is 1. The quantitative estimate of drug-likeness (QED) is 0.527. The van der Waals surface area contributed by atoms with Gasteiger partial charge in [-0.05, 0) is 51.7 Å². The number of esters is 1. The summed E-state index contributed by atoms with van der Waals surface area (Å²) in [4.78, 5) is 35.9. The Morgan fingerprint density at radius 1 is 1.14 bits per heavy atom. The highest BCUT2D eigenvalue weighted by Gasteiger charge is 2.34. The zero-order chi connectivity index (χ0) is 21.2. The largest absolute Gasteiger partial charge is 0.452 e. The maximum Gasteiger partial charge on any atom is 0.309 e. The zero-order valence-electron chi connectivity index (χ0n) is 16.6. The molecule has 0 spiro atoms. The molecule has 1 aromatic rings. The van der Waals surface area contributed by atoms with Gasteiger partial charge in [-0.25, -0.2) is 8.42 Å². The molecule has 1 saturated heterocycles. The van der Waals surface area contributed by atoms with Gasteiger partial charge in [-0.1, -0.05) is 12.1 Å². The van der Waals surface area contributed by atoms with Crippen LogP contribution in [-0.2, 0) is 24.3 Å². The number of sulfonamides is 1. The molecule has 2 fully saturated rings. The first-order valence-electron chi connectivity index (χ1n) is 9.80. The summed E-state index contributed by atoms with van der Waals surface area (Å²) in [6.07, 6.45) is 1.69. The average Bonchev–Trinajstić information content (AvgIpc) is 3.52. The van der Waals surface area contributed by atoms with E-state index in [1.807, 2.05) is 0 Å². The highest BCUT2D eigenvalue weighted by Crippen LogP contribution is 2.26. The lowest BCUT2D eigenvalue weighted by Gasteiger charge is -2.30. The predicted octanol–water partition coefficient (Wildman–Crippen LogP) is 1.50. The molecule has 1 atom stereocenters. The molecular weight excluding hydrogens is 396 g/mol. The van der Waals surface area contributed by atoms with E-state index in [0.29, 0.717) is 18.4 Å². The highest BCUT2D eigenvalue weighted by molar-refractivity contribution is 7.89. The second-order valence-corrected chi connectivity index (χ2v) is 9.56. The van der Waals surface area contributed by atoms with E-state index in [9.17, 15) is 22.8 Å². The SMILES string of the molecule is CC(=O)c1cccc(S(=O)(=O)N2CCC(C(=O)O[C@H](C)C(=O)NC3CC3)CC2)c1. The lowest BCUT2D eigenvalue weighted by Crippen LogP contribution is -2.42. The Labute approximate surface area is 170 Å². The molecule has 2 aliphatic rings. The molecule has 8 nitrogen and oxygen atoms in total. The summed E-state index contributed by atoms with van der Waals surface area (Å²) in [6, 6.07) is 6.14. The zero-order valence-corrected chi connectivity index (χ0v) is 17.4. The number of piperidine rings is 1. The van der Waals surface area contributed by atoms with Crippen LogP contribution in [0.5, 0.6) is 0 Å². The molecular formula is C20H26N2O6S. The molecule has 3 rings (SSSR count). The van der Waals surface area contributed by atoms with Gasteiger partial charge < -0.3 is 10.1 Å². The highest BCUT2D eigenvalue weighted by atomic mass is 32.2. The molecule has 1 saturated carbocycles. The van der Waals surface area contributed by atoms with E-state index in [2.05, 4.69) is 5.32 Å². The van der Waals surface area contributed by atoms with Crippen molar-refractivity contribution in [1.29, 1.82) is 0 Å². The summed E-state index contributed by atoms with van der Waals surface area (Å²) < 4.78 is 32.3. The topological polar surface area (TPSA) is 110 Å². The maximum absolute atomic E-state index is 12.9. The van der Waals surface area contributed by atoms with E-state index in [4.69, 9.17) is 4.74 Å². The van der Waals surface area contributed by atoms with Crippen molar-refractivity contribution in [3.8, 4) is 0 Å². The molecule has 9 heteroatoms. The van der Waals surface area contributed by atoms with Gasteiger partial charge >= 0.3 is 5.97 Å². The van der Waals surface area contributed by atoms with Crippen molar-refractivity contribution >= 4 is 27.7 Å². The molecule has 1 aliphatic carbocycles. The third-order valence-electron chi connectivity index (χ3n) is 5.25. The number of hydrogen-bond donors (Lipinski definition) is 1. The lowest BCUT2D eigenvalue weighted by molar-refractivity contribution is -0.159. The summed E-state index contributed by atoms with van der Waals surface area (Å²) in [5, 5.41) is 2.79. The van der Waals surface area contributed by atoms with E-state index >= 15 is 0 Å². The Bertz CT molecular complexity index is 901. The van der Waals surface area contributed by atoms with Crippen LogP contribution in [0.15, 0.2) is 29.2 Å². The average molecular weight is 423 g/mol. The molecule has 1 aliphatic heterocycles. The number of benzene rings is 1. The number of rotatable bonds is 7. The van der Waals surface area contributed by atoms with Gasteiger partial charge in [0, 0.05) is 24.7 Å². The lowest BCUT2D eigenvalue weighted by atomic mass is 9.98. The third-order valence-corrected chi connectivity index (χ3v) is 7.15. The van der Waals surface area contributed by atoms with Gasteiger partial charge in [0.1, 0.15) is 0 Å². The standard InChI is InChI=1S/C20H26N2O6S/c1-13(23)16-4-3-5-18(12-16)29(26,27)22-10-8-15(9-11-22)20(25)28-14(2)19(24)21-17-6-7-17/h3-5,12,14-15,17H,6-11H2,1-2H3,(H,21,24)/t14-/m1/s1. The number of Topliss-reactive ketones (excluding diaryl/α,β-unsaturated/α-hetero) is 1. The third kappa shape index (κ3) is 5.22. The first-order valence-corrected chi connectivity index (χ1v) is 11.2. The minimum absolute atomic E-state index is 0.0663. The van der Waals surface area contributed by atoms with Crippen LogP contribution in [0.3, 0.4) is 0 Å². The van der Waals surface area contributed by atoms with E-state index in [1.54, 1.807) is 12.1 Å². The molecule has 29 heavy (non-hydrogen) atoms. The van der Waals surface area contributed by atoms with Crippen LogP contribution in [0, 0.1) is 5.92 Å². The van der Waals surface area contributed by atoms with E-state index < -0.39 is 28.0 Å². The van der Waals surface area contributed by atoms with Crippen molar-refractivity contribution in [2.45, 2.75) is 56.6 Å². The van der Waals surface area contributed by atoms with Crippen LogP contribution in [0.25, 0.3) is 0 Å². The fourth-order valence-electron chi connectivity index (χ4n) is 3.23. The minimum Gasteiger partial charge on any atom is -0.452 e. The molecule has 1 heterocycles. The fraction of sp³-hybridized carbons (Fsp3) is 0.550. The molecule has 0 bridgehead atoms. The first-order chi connectivity index (χ1) is 13.7. The number of amides is 1. The second-order valence-electron chi connectivity index (χ2n) is 7.62. The summed E-state index contributed by atoms with van der Waals surface area (Å²) >= 11 is 0. The monoisotopic (exact) mass is 422 g/mol. The number of hydrogen-bond acceptors (Lipinski definition) is 6. The molecule has 0 radical (unpaired) electrons. The van der Waals surface area contributed by atoms with Gasteiger partial charge in [0.05, 0.1) is 10.8 Å². The second kappa shape index (κ2) is 8.62.